The van der Waals surface area contributed by atoms with Crippen LogP contribution in [0.2, 0.25) is 0 Å². The molecule has 1 atom stereocenters. The van der Waals surface area contributed by atoms with Crippen molar-refractivity contribution in [1.82, 2.24) is 10.6 Å². The van der Waals surface area contributed by atoms with Crippen molar-refractivity contribution in [1.29, 1.82) is 0 Å². The highest BCUT2D eigenvalue weighted by Crippen LogP contribution is 2.12. The fraction of sp³-hybridized carbons (Fsp3) is 0.875. The molecule has 1 aliphatic rings. The lowest BCUT2D eigenvalue weighted by Gasteiger charge is -2.12. The molecule has 0 aromatic carbocycles. The fourth-order valence-corrected chi connectivity index (χ4v) is 1.25. The molecule has 0 radical (unpaired) electrons. The molecule has 1 heterocycles. The van der Waals surface area contributed by atoms with E-state index in [0.717, 1.165) is 12.8 Å². The van der Waals surface area contributed by atoms with E-state index in [0.29, 0.717) is 6.61 Å². The maximum Gasteiger partial charge on any atom is 0.405 e. The number of nitrogens with one attached hydrogen (secondary N) is 2. The van der Waals surface area contributed by atoms with Crippen LogP contribution in [0.4, 0.5) is 18.0 Å². The largest absolute Gasteiger partial charge is 0.405 e. The van der Waals surface area contributed by atoms with Gasteiger partial charge in [0.1, 0.15) is 6.54 Å². The Hall–Kier alpha value is -0.980. The lowest BCUT2D eigenvalue weighted by Crippen LogP contribution is -2.43. The van der Waals surface area contributed by atoms with Gasteiger partial charge in [-0.3, -0.25) is 0 Å². The van der Waals surface area contributed by atoms with Crippen LogP contribution in [0.5, 0.6) is 0 Å². The van der Waals surface area contributed by atoms with Crippen LogP contribution in [0.3, 0.4) is 0 Å². The summed E-state index contributed by atoms with van der Waals surface area (Å²) in [5.41, 5.74) is 0. The van der Waals surface area contributed by atoms with Crippen molar-refractivity contribution >= 4 is 6.03 Å². The molecule has 4 nitrogen and oxygen atoms in total. The highest BCUT2D eigenvalue weighted by molar-refractivity contribution is 5.73. The van der Waals surface area contributed by atoms with Gasteiger partial charge in [-0.2, -0.15) is 13.2 Å². The lowest BCUT2D eigenvalue weighted by molar-refractivity contribution is -0.122. The van der Waals surface area contributed by atoms with Gasteiger partial charge >= 0.3 is 12.2 Å². The van der Waals surface area contributed by atoms with Gasteiger partial charge in [-0.25, -0.2) is 4.79 Å². The smallest absolute Gasteiger partial charge is 0.376 e. The lowest BCUT2D eigenvalue weighted by atomic mass is 10.2. The summed E-state index contributed by atoms with van der Waals surface area (Å²) in [4.78, 5) is 10.9. The summed E-state index contributed by atoms with van der Waals surface area (Å²) in [6.07, 6.45) is -2.68. The van der Waals surface area contributed by atoms with Gasteiger partial charge in [0, 0.05) is 13.2 Å². The standard InChI is InChI=1S/C8H13F3N2O2/c9-8(10,11)5-13-7(14)12-4-6-2-1-3-15-6/h6H,1-5H2,(H2,12,13,14)/t6-/m1/s1. The number of hydrogen-bond acceptors (Lipinski definition) is 2. The summed E-state index contributed by atoms with van der Waals surface area (Å²) in [7, 11) is 0. The number of urea groups is 1. The van der Waals surface area contributed by atoms with Gasteiger partial charge in [0.2, 0.25) is 0 Å². The van der Waals surface area contributed by atoms with E-state index in [1.807, 2.05) is 0 Å². The molecule has 1 fully saturated rings. The van der Waals surface area contributed by atoms with E-state index >= 15 is 0 Å². The minimum atomic E-state index is -4.37. The summed E-state index contributed by atoms with van der Waals surface area (Å²) in [6.45, 7) is -0.412. The molecular formula is C8H13F3N2O2. The van der Waals surface area contributed by atoms with Crippen LogP contribution in [0.15, 0.2) is 0 Å². The second kappa shape index (κ2) is 5.20. The molecule has 88 valence electrons. The Bertz CT molecular complexity index is 214. The van der Waals surface area contributed by atoms with Gasteiger partial charge in [0.05, 0.1) is 6.10 Å². The molecule has 7 heteroatoms. The predicted octanol–water partition coefficient (Wildman–Crippen LogP) is 1.03. The molecule has 0 unspecified atom stereocenters. The van der Waals surface area contributed by atoms with E-state index in [-0.39, 0.29) is 12.6 Å². The van der Waals surface area contributed by atoms with E-state index in [1.54, 1.807) is 5.32 Å². The molecule has 0 aromatic heterocycles. The third-order valence-corrected chi connectivity index (χ3v) is 1.96. The molecule has 0 aliphatic carbocycles. The van der Waals surface area contributed by atoms with Gasteiger partial charge in [-0.1, -0.05) is 0 Å². The van der Waals surface area contributed by atoms with Gasteiger partial charge in [-0.15, -0.1) is 0 Å². The SMILES string of the molecule is O=C(NC[C@H]1CCCO1)NCC(F)(F)F. The van der Waals surface area contributed by atoms with Gasteiger partial charge < -0.3 is 15.4 Å². The van der Waals surface area contributed by atoms with Crippen LogP contribution in [-0.2, 0) is 4.74 Å². The molecule has 0 aromatic rings. The molecule has 0 saturated carbocycles. The van der Waals surface area contributed by atoms with Gasteiger partial charge in [0.25, 0.3) is 0 Å². The van der Waals surface area contributed by atoms with Gasteiger partial charge in [0.15, 0.2) is 0 Å². The maximum atomic E-state index is 11.7. The topological polar surface area (TPSA) is 50.4 Å². The highest BCUT2D eigenvalue weighted by atomic mass is 19.4. The summed E-state index contributed by atoms with van der Waals surface area (Å²) in [6, 6.07) is -0.817. The van der Waals surface area contributed by atoms with Crippen molar-refractivity contribution < 1.29 is 22.7 Å². The van der Waals surface area contributed by atoms with Crippen LogP contribution < -0.4 is 10.6 Å². The maximum absolute atomic E-state index is 11.7. The Labute approximate surface area is 85.2 Å². The summed E-state index contributed by atoms with van der Waals surface area (Å²) >= 11 is 0. The Kier molecular flexibility index (Phi) is 4.19. The first kappa shape index (κ1) is 12.1. The van der Waals surface area contributed by atoms with E-state index in [4.69, 9.17) is 4.74 Å². The second-order valence-electron chi connectivity index (χ2n) is 3.31. The van der Waals surface area contributed by atoms with Crippen LogP contribution in [0.1, 0.15) is 12.8 Å². The number of halogens is 3. The zero-order valence-electron chi connectivity index (χ0n) is 8.06. The van der Waals surface area contributed by atoms with Crippen LogP contribution in [0, 0.1) is 0 Å². The highest BCUT2D eigenvalue weighted by Gasteiger charge is 2.27. The van der Waals surface area contributed by atoms with Crippen LogP contribution >= 0.6 is 0 Å². The van der Waals surface area contributed by atoms with Crippen LogP contribution in [-0.4, -0.2) is 38.0 Å². The third kappa shape index (κ3) is 5.46. The molecular weight excluding hydrogens is 213 g/mol. The Morgan fingerprint density at radius 1 is 1.40 bits per heavy atom. The van der Waals surface area contributed by atoms with Crippen molar-refractivity contribution in [2.45, 2.75) is 25.1 Å². The minimum absolute atomic E-state index is 0.0679. The minimum Gasteiger partial charge on any atom is -0.376 e. The first-order valence-corrected chi connectivity index (χ1v) is 4.67. The number of rotatable bonds is 3. The number of carbonyl (C=O) groups is 1. The van der Waals surface area contributed by atoms with E-state index in [2.05, 4.69) is 5.32 Å². The molecule has 0 spiro atoms. The van der Waals surface area contributed by atoms with E-state index in [9.17, 15) is 18.0 Å². The first-order valence-electron chi connectivity index (χ1n) is 4.67. The monoisotopic (exact) mass is 226 g/mol. The molecule has 2 N–H and O–H groups in total. The zero-order chi connectivity index (χ0) is 11.3. The van der Waals surface area contributed by atoms with Crippen molar-refractivity contribution in [3.05, 3.63) is 0 Å². The van der Waals surface area contributed by atoms with Crippen molar-refractivity contribution in [3.63, 3.8) is 0 Å². The molecule has 15 heavy (non-hydrogen) atoms. The first-order chi connectivity index (χ1) is 6.97. The molecule has 1 saturated heterocycles. The van der Waals surface area contributed by atoms with E-state index in [1.165, 1.54) is 0 Å². The quantitative estimate of drug-likeness (QED) is 0.755. The number of hydrogen-bond donors (Lipinski definition) is 2. The second-order valence-corrected chi connectivity index (χ2v) is 3.31. The Morgan fingerprint density at radius 3 is 2.67 bits per heavy atom. The number of alkyl halides is 3. The number of carbonyl (C=O) groups excluding carboxylic acids is 1. The zero-order valence-corrected chi connectivity index (χ0v) is 8.06. The molecule has 1 rings (SSSR count). The van der Waals surface area contributed by atoms with Crippen molar-refractivity contribution in [3.8, 4) is 0 Å². The average molecular weight is 226 g/mol. The summed E-state index contributed by atoms with van der Waals surface area (Å²) in [5, 5.41) is 4.04. The third-order valence-electron chi connectivity index (χ3n) is 1.96. The summed E-state index contributed by atoms with van der Waals surface area (Å²) in [5.74, 6) is 0. The van der Waals surface area contributed by atoms with Crippen LogP contribution in [0.25, 0.3) is 0 Å². The molecule has 1 aliphatic heterocycles. The number of ether oxygens (including phenoxy) is 1. The predicted molar refractivity (Wildman–Crippen MR) is 46.4 cm³/mol. The van der Waals surface area contributed by atoms with Crippen molar-refractivity contribution in [2.75, 3.05) is 19.7 Å². The average Bonchev–Trinajstić information content (AvgIpc) is 2.62. The summed E-state index contributed by atoms with van der Waals surface area (Å²) < 4.78 is 40.3. The molecule has 0 bridgehead atoms. The van der Waals surface area contributed by atoms with Gasteiger partial charge in [-0.05, 0) is 12.8 Å². The normalized spacial score (nSPS) is 21.4. The fourth-order valence-electron chi connectivity index (χ4n) is 1.25. The Balaban J connectivity index is 2.08. The molecule has 2 amide bonds. The van der Waals surface area contributed by atoms with E-state index < -0.39 is 18.8 Å². The number of amides is 2. The Morgan fingerprint density at radius 2 is 2.13 bits per heavy atom. The van der Waals surface area contributed by atoms with Crippen molar-refractivity contribution in [2.24, 2.45) is 0 Å².